The predicted octanol–water partition coefficient (Wildman–Crippen LogP) is 0.685. The summed E-state index contributed by atoms with van der Waals surface area (Å²) in [5, 5.41) is 3.03. The van der Waals surface area contributed by atoms with Gasteiger partial charge in [0.1, 0.15) is 6.33 Å². The third-order valence-corrected chi connectivity index (χ3v) is 4.49. The molecule has 0 radical (unpaired) electrons. The van der Waals surface area contributed by atoms with Crippen LogP contribution in [0, 0.1) is 6.92 Å². The first-order chi connectivity index (χ1) is 11.1. The Bertz CT molecular complexity index is 586. The van der Waals surface area contributed by atoms with Crippen molar-refractivity contribution in [2.45, 2.75) is 44.8 Å². The Morgan fingerprint density at radius 2 is 2.13 bits per heavy atom. The van der Waals surface area contributed by atoms with Crippen LogP contribution < -0.4 is 5.32 Å². The summed E-state index contributed by atoms with van der Waals surface area (Å²) < 4.78 is 5.56. The Morgan fingerprint density at radius 3 is 2.87 bits per heavy atom. The van der Waals surface area contributed by atoms with Gasteiger partial charge in [-0.05, 0) is 19.8 Å². The van der Waals surface area contributed by atoms with Gasteiger partial charge in [-0.15, -0.1) is 0 Å². The summed E-state index contributed by atoms with van der Waals surface area (Å²) >= 11 is 0. The molecular weight excluding hydrogens is 296 g/mol. The minimum Gasteiger partial charge on any atom is -0.365 e. The standard InChI is InChI=1S/C16H22N4O3/c1-11-13(8-17-10-18-11)16(22)20-6-7-23-14(9-20)15(21)19-12-4-2-3-5-12/h8,10,12,14H,2-7,9H2,1H3,(H,19,21)/t14-/m1/s1. The summed E-state index contributed by atoms with van der Waals surface area (Å²) in [5.74, 6) is -0.263. The Labute approximate surface area is 135 Å². The highest BCUT2D eigenvalue weighted by molar-refractivity contribution is 5.95. The summed E-state index contributed by atoms with van der Waals surface area (Å²) in [7, 11) is 0. The summed E-state index contributed by atoms with van der Waals surface area (Å²) in [6, 6.07) is 0.252. The van der Waals surface area contributed by atoms with E-state index in [9.17, 15) is 9.59 Å². The van der Waals surface area contributed by atoms with Gasteiger partial charge in [0.05, 0.1) is 24.4 Å². The fraction of sp³-hybridized carbons (Fsp3) is 0.625. The van der Waals surface area contributed by atoms with Crippen LogP contribution in [0.25, 0.3) is 0 Å². The molecule has 1 aliphatic heterocycles. The van der Waals surface area contributed by atoms with Crippen LogP contribution in [-0.2, 0) is 9.53 Å². The molecule has 3 rings (SSSR count). The molecule has 2 heterocycles. The summed E-state index contributed by atoms with van der Waals surface area (Å²) in [5.41, 5.74) is 1.12. The highest BCUT2D eigenvalue weighted by atomic mass is 16.5. The van der Waals surface area contributed by atoms with Crippen molar-refractivity contribution in [3.8, 4) is 0 Å². The lowest BCUT2D eigenvalue weighted by Gasteiger charge is -2.32. The van der Waals surface area contributed by atoms with E-state index in [4.69, 9.17) is 4.74 Å². The van der Waals surface area contributed by atoms with Crippen molar-refractivity contribution in [2.24, 2.45) is 0 Å². The zero-order valence-electron chi connectivity index (χ0n) is 13.3. The number of carbonyl (C=O) groups is 2. The van der Waals surface area contributed by atoms with E-state index >= 15 is 0 Å². The SMILES string of the molecule is Cc1ncncc1C(=O)N1CCO[C@@H](C(=O)NC2CCCC2)C1. The highest BCUT2D eigenvalue weighted by Crippen LogP contribution is 2.18. The van der Waals surface area contributed by atoms with E-state index in [1.165, 1.54) is 12.5 Å². The number of amides is 2. The predicted molar refractivity (Wildman–Crippen MR) is 82.8 cm³/mol. The van der Waals surface area contributed by atoms with Crippen molar-refractivity contribution in [3.63, 3.8) is 0 Å². The van der Waals surface area contributed by atoms with E-state index in [2.05, 4.69) is 15.3 Å². The van der Waals surface area contributed by atoms with Crippen LogP contribution in [0.4, 0.5) is 0 Å². The molecule has 2 aliphatic rings. The van der Waals surface area contributed by atoms with E-state index in [1.54, 1.807) is 11.8 Å². The molecule has 1 aromatic heterocycles. The highest BCUT2D eigenvalue weighted by Gasteiger charge is 2.31. The molecule has 0 bridgehead atoms. The number of hydrogen-bond acceptors (Lipinski definition) is 5. The molecule has 7 heteroatoms. The molecule has 1 saturated carbocycles. The van der Waals surface area contributed by atoms with Gasteiger partial charge in [-0.1, -0.05) is 12.8 Å². The molecule has 23 heavy (non-hydrogen) atoms. The molecule has 2 fully saturated rings. The fourth-order valence-corrected chi connectivity index (χ4v) is 3.13. The van der Waals surface area contributed by atoms with Crippen LogP contribution in [0.5, 0.6) is 0 Å². The molecule has 0 unspecified atom stereocenters. The molecule has 124 valence electrons. The van der Waals surface area contributed by atoms with Crippen LogP contribution in [0.3, 0.4) is 0 Å². The number of nitrogens with one attached hydrogen (secondary N) is 1. The summed E-state index contributed by atoms with van der Waals surface area (Å²) in [6.45, 7) is 2.88. The average Bonchev–Trinajstić information content (AvgIpc) is 3.08. The Hall–Kier alpha value is -2.02. The molecule has 2 amide bonds. The lowest BCUT2D eigenvalue weighted by molar-refractivity contribution is -0.137. The van der Waals surface area contributed by atoms with Gasteiger partial charge in [0.25, 0.3) is 11.8 Å². The molecule has 0 aromatic carbocycles. The topological polar surface area (TPSA) is 84.4 Å². The van der Waals surface area contributed by atoms with Gasteiger partial charge >= 0.3 is 0 Å². The van der Waals surface area contributed by atoms with Crippen molar-refractivity contribution < 1.29 is 14.3 Å². The molecular formula is C16H22N4O3. The average molecular weight is 318 g/mol. The number of carbonyl (C=O) groups excluding carboxylic acids is 2. The second-order valence-corrected chi connectivity index (χ2v) is 6.12. The van der Waals surface area contributed by atoms with Crippen molar-refractivity contribution in [1.82, 2.24) is 20.2 Å². The van der Waals surface area contributed by atoms with Gasteiger partial charge in [-0.3, -0.25) is 9.59 Å². The van der Waals surface area contributed by atoms with E-state index in [-0.39, 0.29) is 24.4 Å². The number of morpholine rings is 1. The van der Waals surface area contributed by atoms with Crippen LogP contribution in [0.1, 0.15) is 41.7 Å². The van der Waals surface area contributed by atoms with Gasteiger partial charge < -0.3 is 15.0 Å². The Morgan fingerprint density at radius 1 is 1.35 bits per heavy atom. The number of hydrogen-bond donors (Lipinski definition) is 1. The zero-order valence-corrected chi connectivity index (χ0v) is 13.3. The van der Waals surface area contributed by atoms with Crippen molar-refractivity contribution in [1.29, 1.82) is 0 Å². The van der Waals surface area contributed by atoms with Crippen molar-refractivity contribution in [3.05, 3.63) is 23.8 Å². The fourth-order valence-electron chi connectivity index (χ4n) is 3.13. The quantitative estimate of drug-likeness (QED) is 0.886. The second kappa shape index (κ2) is 7.04. The minimum absolute atomic E-state index is 0.115. The number of ether oxygens (including phenoxy) is 1. The van der Waals surface area contributed by atoms with E-state index in [0.29, 0.717) is 24.4 Å². The normalized spacial score (nSPS) is 22.1. The molecule has 1 saturated heterocycles. The molecule has 7 nitrogen and oxygen atoms in total. The van der Waals surface area contributed by atoms with Gasteiger partial charge in [0.15, 0.2) is 6.10 Å². The molecule has 1 N–H and O–H groups in total. The smallest absolute Gasteiger partial charge is 0.257 e. The van der Waals surface area contributed by atoms with E-state index in [0.717, 1.165) is 25.7 Å². The third-order valence-electron chi connectivity index (χ3n) is 4.49. The first kappa shape index (κ1) is 15.9. The number of nitrogens with zero attached hydrogens (tertiary/aromatic N) is 3. The van der Waals surface area contributed by atoms with Crippen LogP contribution in [-0.4, -0.2) is 58.5 Å². The Kier molecular flexibility index (Phi) is 4.85. The van der Waals surface area contributed by atoms with Gasteiger partial charge in [0.2, 0.25) is 0 Å². The summed E-state index contributed by atoms with van der Waals surface area (Å²) in [4.78, 5) is 34.5. The molecule has 1 atom stereocenters. The third kappa shape index (κ3) is 3.67. The molecule has 1 aliphatic carbocycles. The largest absolute Gasteiger partial charge is 0.365 e. The van der Waals surface area contributed by atoms with E-state index in [1.807, 2.05) is 0 Å². The maximum atomic E-state index is 12.6. The zero-order chi connectivity index (χ0) is 16.2. The number of rotatable bonds is 3. The van der Waals surface area contributed by atoms with Crippen LogP contribution in [0.15, 0.2) is 12.5 Å². The van der Waals surface area contributed by atoms with Gasteiger partial charge in [0, 0.05) is 18.8 Å². The number of aromatic nitrogens is 2. The van der Waals surface area contributed by atoms with Crippen molar-refractivity contribution >= 4 is 11.8 Å². The van der Waals surface area contributed by atoms with Crippen LogP contribution >= 0.6 is 0 Å². The maximum absolute atomic E-state index is 12.6. The second-order valence-electron chi connectivity index (χ2n) is 6.12. The minimum atomic E-state index is -0.599. The Balaban J connectivity index is 1.62. The monoisotopic (exact) mass is 318 g/mol. The van der Waals surface area contributed by atoms with Gasteiger partial charge in [-0.25, -0.2) is 9.97 Å². The van der Waals surface area contributed by atoms with E-state index < -0.39 is 6.10 Å². The molecule has 0 spiro atoms. The first-order valence-electron chi connectivity index (χ1n) is 8.13. The van der Waals surface area contributed by atoms with Gasteiger partial charge in [-0.2, -0.15) is 0 Å². The summed E-state index contributed by atoms with van der Waals surface area (Å²) in [6.07, 6.45) is 6.72. The maximum Gasteiger partial charge on any atom is 0.257 e. The van der Waals surface area contributed by atoms with Crippen LogP contribution in [0.2, 0.25) is 0 Å². The molecule has 1 aromatic rings. The number of aryl methyl sites for hydroxylation is 1. The first-order valence-corrected chi connectivity index (χ1v) is 8.13. The lowest BCUT2D eigenvalue weighted by atomic mass is 10.1. The van der Waals surface area contributed by atoms with Crippen molar-refractivity contribution in [2.75, 3.05) is 19.7 Å². The lowest BCUT2D eigenvalue weighted by Crippen LogP contribution is -2.53.